The van der Waals surface area contributed by atoms with Gasteiger partial charge in [0.2, 0.25) is 0 Å². The lowest BCUT2D eigenvalue weighted by Gasteiger charge is -2.49. The van der Waals surface area contributed by atoms with Gasteiger partial charge in [0.05, 0.1) is 0 Å². The van der Waals surface area contributed by atoms with Crippen molar-refractivity contribution in [2.45, 2.75) is 57.7 Å². The second-order valence-electron chi connectivity index (χ2n) is 7.82. The van der Waals surface area contributed by atoms with Gasteiger partial charge in [-0.2, -0.15) is 0 Å². The summed E-state index contributed by atoms with van der Waals surface area (Å²) < 4.78 is 0. The van der Waals surface area contributed by atoms with Gasteiger partial charge in [-0.05, 0) is 56.9 Å². The first kappa shape index (κ1) is 13.8. The molecule has 4 rings (SSSR count). The van der Waals surface area contributed by atoms with Crippen molar-refractivity contribution in [3.8, 4) is 0 Å². The third-order valence-electron chi connectivity index (χ3n) is 6.00. The number of rotatable bonds is 4. The molecule has 0 amide bonds. The molecule has 2 atom stereocenters. The van der Waals surface area contributed by atoms with E-state index in [0.717, 1.165) is 24.4 Å². The van der Waals surface area contributed by atoms with E-state index in [1.165, 1.54) is 49.9 Å². The van der Waals surface area contributed by atoms with E-state index in [9.17, 15) is 0 Å². The molecule has 0 bridgehead atoms. The molecule has 1 aliphatic heterocycles. The quantitative estimate of drug-likeness (QED) is 0.912. The molecule has 1 N–H and O–H groups in total. The molecule has 21 heavy (non-hydrogen) atoms. The molecule has 2 unspecified atom stereocenters. The average Bonchev–Trinajstić information content (AvgIpc) is 3.36. The molecule has 2 aliphatic carbocycles. The molecule has 3 aliphatic rings. The fraction of sp³-hybridized carbons (Fsp3) is 0.684. The van der Waals surface area contributed by atoms with E-state index in [1.54, 1.807) is 0 Å². The van der Waals surface area contributed by atoms with Crippen LogP contribution in [0, 0.1) is 18.8 Å². The molecule has 0 aromatic heterocycles. The van der Waals surface area contributed by atoms with Crippen LogP contribution in [-0.2, 0) is 6.54 Å². The summed E-state index contributed by atoms with van der Waals surface area (Å²) in [5, 5.41) is 3.88. The van der Waals surface area contributed by atoms with Gasteiger partial charge in [-0.1, -0.05) is 29.8 Å². The zero-order valence-electron chi connectivity index (χ0n) is 13.4. The van der Waals surface area contributed by atoms with Crippen molar-refractivity contribution in [1.29, 1.82) is 0 Å². The standard InChI is InChI=1S/C19H28N2/c1-14-3-5-15(6-4-14)11-21-12-18(16-7-8-16)20-13-19(21,2)17-9-10-17/h3-6,16-18,20H,7-13H2,1-2H3. The van der Waals surface area contributed by atoms with E-state index in [1.807, 2.05) is 0 Å². The minimum atomic E-state index is 0.371. The Kier molecular flexibility index (Phi) is 3.35. The molecule has 0 radical (unpaired) electrons. The lowest BCUT2D eigenvalue weighted by molar-refractivity contribution is 0.0234. The highest BCUT2D eigenvalue weighted by atomic mass is 15.3. The van der Waals surface area contributed by atoms with Crippen LogP contribution in [0.1, 0.15) is 43.7 Å². The van der Waals surface area contributed by atoms with Crippen molar-refractivity contribution in [3.05, 3.63) is 35.4 Å². The van der Waals surface area contributed by atoms with Crippen LogP contribution in [-0.4, -0.2) is 29.6 Å². The van der Waals surface area contributed by atoms with Gasteiger partial charge in [0.25, 0.3) is 0 Å². The molecule has 2 heteroatoms. The monoisotopic (exact) mass is 284 g/mol. The minimum Gasteiger partial charge on any atom is -0.311 e. The van der Waals surface area contributed by atoms with Crippen LogP contribution in [0.3, 0.4) is 0 Å². The molecule has 0 spiro atoms. The van der Waals surface area contributed by atoms with Crippen LogP contribution >= 0.6 is 0 Å². The minimum absolute atomic E-state index is 0.371. The third-order valence-corrected chi connectivity index (χ3v) is 6.00. The van der Waals surface area contributed by atoms with Crippen molar-refractivity contribution in [1.82, 2.24) is 10.2 Å². The Morgan fingerprint density at radius 1 is 1.14 bits per heavy atom. The van der Waals surface area contributed by atoms with Crippen LogP contribution in [0.25, 0.3) is 0 Å². The fourth-order valence-corrected chi connectivity index (χ4v) is 4.04. The molecule has 1 aromatic carbocycles. The summed E-state index contributed by atoms with van der Waals surface area (Å²) in [6.45, 7) is 8.22. The van der Waals surface area contributed by atoms with Crippen LogP contribution in [0.4, 0.5) is 0 Å². The molecule has 1 saturated heterocycles. The first-order valence-corrected chi connectivity index (χ1v) is 8.69. The van der Waals surface area contributed by atoms with Crippen LogP contribution in [0.2, 0.25) is 0 Å². The summed E-state index contributed by atoms with van der Waals surface area (Å²) in [5.74, 6) is 1.87. The predicted octanol–water partition coefficient (Wildman–Crippen LogP) is 3.35. The van der Waals surface area contributed by atoms with Gasteiger partial charge in [0.15, 0.2) is 0 Å². The van der Waals surface area contributed by atoms with Gasteiger partial charge < -0.3 is 5.32 Å². The fourth-order valence-electron chi connectivity index (χ4n) is 4.04. The zero-order chi connectivity index (χ0) is 14.4. The topological polar surface area (TPSA) is 15.3 Å². The van der Waals surface area contributed by atoms with E-state index in [-0.39, 0.29) is 0 Å². The normalized spacial score (nSPS) is 34.1. The van der Waals surface area contributed by atoms with Crippen molar-refractivity contribution in [2.24, 2.45) is 11.8 Å². The number of hydrogen-bond donors (Lipinski definition) is 1. The van der Waals surface area contributed by atoms with Gasteiger partial charge in [-0.25, -0.2) is 0 Å². The lowest BCUT2D eigenvalue weighted by atomic mass is 9.88. The highest BCUT2D eigenvalue weighted by Gasteiger charge is 2.49. The Morgan fingerprint density at radius 3 is 2.48 bits per heavy atom. The maximum Gasteiger partial charge on any atom is 0.0338 e. The zero-order valence-corrected chi connectivity index (χ0v) is 13.4. The maximum atomic E-state index is 3.88. The summed E-state index contributed by atoms with van der Waals surface area (Å²) in [4.78, 5) is 2.80. The largest absolute Gasteiger partial charge is 0.311 e. The maximum absolute atomic E-state index is 3.88. The van der Waals surface area contributed by atoms with Crippen LogP contribution in [0.5, 0.6) is 0 Å². The highest BCUT2D eigenvalue weighted by molar-refractivity contribution is 5.22. The molecule has 114 valence electrons. The highest BCUT2D eigenvalue weighted by Crippen LogP contribution is 2.46. The summed E-state index contributed by atoms with van der Waals surface area (Å²) in [6.07, 6.45) is 5.74. The number of nitrogens with zero attached hydrogens (tertiary/aromatic N) is 1. The number of hydrogen-bond acceptors (Lipinski definition) is 2. The van der Waals surface area contributed by atoms with Crippen LogP contribution in [0.15, 0.2) is 24.3 Å². The Morgan fingerprint density at radius 2 is 1.86 bits per heavy atom. The number of benzene rings is 1. The van der Waals surface area contributed by atoms with Crippen molar-refractivity contribution in [3.63, 3.8) is 0 Å². The number of piperazine rings is 1. The molecular weight excluding hydrogens is 256 g/mol. The summed E-state index contributed by atoms with van der Waals surface area (Å²) in [7, 11) is 0. The third kappa shape index (κ3) is 2.76. The predicted molar refractivity (Wildman–Crippen MR) is 87.2 cm³/mol. The second kappa shape index (κ2) is 5.10. The smallest absolute Gasteiger partial charge is 0.0338 e. The van der Waals surface area contributed by atoms with E-state index >= 15 is 0 Å². The van der Waals surface area contributed by atoms with E-state index in [4.69, 9.17) is 0 Å². The SMILES string of the molecule is Cc1ccc(CN2CC(C3CC3)NCC2(C)C2CC2)cc1. The van der Waals surface area contributed by atoms with Gasteiger partial charge in [0, 0.05) is 31.2 Å². The van der Waals surface area contributed by atoms with E-state index < -0.39 is 0 Å². The Labute approximate surface area is 128 Å². The van der Waals surface area contributed by atoms with E-state index in [2.05, 4.69) is 48.3 Å². The van der Waals surface area contributed by atoms with Crippen molar-refractivity contribution >= 4 is 0 Å². The van der Waals surface area contributed by atoms with Crippen LogP contribution < -0.4 is 5.32 Å². The van der Waals surface area contributed by atoms with E-state index in [0.29, 0.717) is 5.54 Å². The molecular formula is C19H28N2. The van der Waals surface area contributed by atoms with Gasteiger partial charge in [-0.15, -0.1) is 0 Å². The Hall–Kier alpha value is -0.860. The molecule has 2 saturated carbocycles. The van der Waals surface area contributed by atoms with Crippen molar-refractivity contribution < 1.29 is 0 Å². The summed E-state index contributed by atoms with van der Waals surface area (Å²) in [5.41, 5.74) is 3.21. The van der Waals surface area contributed by atoms with Gasteiger partial charge in [-0.3, -0.25) is 4.90 Å². The van der Waals surface area contributed by atoms with Gasteiger partial charge in [0.1, 0.15) is 0 Å². The molecule has 3 fully saturated rings. The summed E-state index contributed by atoms with van der Waals surface area (Å²) >= 11 is 0. The number of nitrogens with one attached hydrogen (secondary N) is 1. The molecule has 1 aromatic rings. The average molecular weight is 284 g/mol. The Balaban J connectivity index is 1.53. The number of aryl methyl sites for hydroxylation is 1. The second-order valence-corrected chi connectivity index (χ2v) is 7.82. The van der Waals surface area contributed by atoms with Crippen molar-refractivity contribution in [2.75, 3.05) is 13.1 Å². The molecule has 1 heterocycles. The first-order valence-electron chi connectivity index (χ1n) is 8.69. The lowest BCUT2D eigenvalue weighted by Crippen LogP contribution is -2.64. The van der Waals surface area contributed by atoms with Gasteiger partial charge >= 0.3 is 0 Å². The summed E-state index contributed by atoms with van der Waals surface area (Å²) in [6, 6.07) is 9.88. The molecule has 2 nitrogen and oxygen atoms in total. The first-order chi connectivity index (χ1) is 10.1. The Bertz CT molecular complexity index is 501.